The van der Waals surface area contributed by atoms with Crippen molar-refractivity contribution in [2.75, 3.05) is 33.0 Å². The molecule has 0 aliphatic carbocycles. The summed E-state index contributed by atoms with van der Waals surface area (Å²) in [6, 6.07) is -5.14. The van der Waals surface area contributed by atoms with Gasteiger partial charge in [0.15, 0.2) is 18.9 Å². The molecule has 0 aromatic rings. The first-order chi connectivity index (χ1) is 28.7. The predicted octanol–water partition coefficient (Wildman–Crippen LogP) is -10.0. The maximum atomic E-state index is 12.2. The van der Waals surface area contributed by atoms with Gasteiger partial charge in [-0.1, -0.05) is 0 Å². The summed E-state index contributed by atoms with van der Waals surface area (Å²) < 4.78 is 105. The number of carbonyl (C=O) groups excluding carboxylic acids is 3. The van der Waals surface area contributed by atoms with Gasteiger partial charge in [0.05, 0.1) is 39.1 Å². The highest BCUT2D eigenvalue weighted by Gasteiger charge is 2.54. The minimum atomic E-state index is -5.34. The van der Waals surface area contributed by atoms with Crippen LogP contribution in [0.4, 0.5) is 0 Å². The van der Waals surface area contributed by atoms with Crippen LogP contribution in [0.2, 0.25) is 0 Å². The first kappa shape index (κ1) is 53.8. The van der Waals surface area contributed by atoms with Gasteiger partial charge in [-0.25, -0.2) is 8.37 Å². The summed E-state index contributed by atoms with van der Waals surface area (Å²) in [5.74, 6) is -2.53. The molecule has 0 aromatic carbocycles. The quantitative estimate of drug-likeness (QED) is 0.0475. The first-order valence-corrected chi connectivity index (χ1v) is 21.0. The van der Waals surface area contributed by atoms with Crippen molar-refractivity contribution in [3.8, 4) is 0 Å². The van der Waals surface area contributed by atoms with E-state index in [1.807, 2.05) is 0 Å². The van der Waals surface area contributed by atoms with E-state index in [4.69, 9.17) is 37.5 Å². The van der Waals surface area contributed by atoms with Crippen molar-refractivity contribution in [2.24, 2.45) is 0 Å². The minimum Gasteiger partial charge on any atom is -0.394 e. The van der Waals surface area contributed by atoms with Crippen molar-refractivity contribution in [3.05, 3.63) is 0 Å². The number of carbonyl (C=O) groups is 3. The second-order valence-electron chi connectivity index (χ2n) is 14.2. The molecule has 0 aromatic heterocycles. The van der Waals surface area contributed by atoms with E-state index in [0.717, 1.165) is 20.8 Å². The fourth-order valence-corrected chi connectivity index (χ4v) is 7.45. The van der Waals surface area contributed by atoms with Crippen LogP contribution in [0, 0.1) is 0 Å². The Morgan fingerprint density at radius 3 is 1.71 bits per heavy atom. The molecule has 0 bridgehead atoms. The van der Waals surface area contributed by atoms with Gasteiger partial charge in [-0.15, -0.1) is 0 Å². The molecule has 3 fully saturated rings. The molecule has 3 heterocycles. The first-order valence-electron chi connectivity index (χ1n) is 18.3. The molecule has 62 heavy (non-hydrogen) atoms. The Bertz CT molecular complexity index is 1700. The van der Waals surface area contributed by atoms with Gasteiger partial charge in [0.1, 0.15) is 91.4 Å². The van der Waals surface area contributed by atoms with E-state index in [1.165, 1.54) is 0 Å². The smallest absolute Gasteiger partial charge is 0.394 e. The van der Waals surface area contributed by atoms with E-state index in [2.05, 4.69) is 24.3 Å². The average molecular weight is 952 g/mol. The van der Waals surface area contributed by atoms with Gasteiger partial charge in [0.25, 0.3) is 0 Å². The molecule has 3 saturated heterocycles. The van der Waals surface area contributed by atoms with E-state index < -0.39 is 188 Å². The Balaban J connectivity index is 1.89. The number of nitrogens with one attached hydrogen (secondary N) is 3. The van der Waals surface area contributed by atoms with Crippen LogP contribution in [-0.2, 0) is 72.0 Å². The number of amides is 3. The lowest BCUT2D eigenvalue weighted by Gasteiger charge is -2.47. The largest absolute Gasteiger partial charge is 0.397 e. The summed E-state index contributed by atoms with van der Waals surface area (Å²) in [4.78, 5) is 36.4. The molecule has 15 N–H and O–H groups in total. The van der Waals surface area contributed by atoms with Gasteiger partial charge in [0, 0.05) is 20.8 Å². The summed E-state index contributed by atoms with van der Waals surface area (Å²) in [7, 11) is -10.5. The van der Waals surface area contributed by atoms with Gasteiger partial charge in [-0.2, -0.15) is 16.8 Å². The Kier molecular flexibility index (Phi) is 20.1. The third-order valence-electron chi connectivity index (χ3n) is 9.46. The van der Waals surface area contributed by atoms with Crippen LogP contribution in [0.3, 0.4) is 0 Å². The SMILES string of the molecule is CC(=O)N[C@H]1[C@H](OC[C@@H](O)[C@H](O)[C@H](O[C@@H]2O[C@H](COS(=O)(=O)O)[C@@H](O)[C@H](O)[C@H]2NC(C)=O)[C@H](CO)NC(C)=O)O[C@H](CO)[C@@H](O[C@@H]2O[C@H](CO)[C@H](O)[C@H](OS(=O)(=O)O)[C@H]2O)[C@@H]1O. The standard InChI is InChI=1S/C30H53N3O27S2/c1-9(37)31-12(4-34)25(58-29-17(32-10(2)38)22(44)20(42)16(57-29)8-54-61(47,48)49)19(41)13(40)7-53-28-18(33-11(3)39)23(45)26(15(6-36)56-28)59-30-24(46)27(60-62(50,51)52)21(43)14(5-35)55-30/h12-30,34-36,40-46H,4-8H2,1-3H3,(H,31,37)(H,32,38)(H,33,39)(H,47,48,49)(H,50,51,52)/t12-,13+,14+,15+,16+,17+,18+,19-,20+,21-,22+,23+,24+,25+,26+,27-,28+,29-,30-/m0/s1. The van der Waals surface area contributed by atoms with Crippen LogP contribution >= 0.6 is 0 Å². The highest BCUT2D eigenvalue weighted by molar-refractivity contribution is 7.81. The lowest BCUT2D eigenvalue weighted by atomic mass is 9.95. The van der Waals surface area contributed by atoms with Crippen molar-refractivity contribution in [3.63, 3.8) is 0 Å². The highest BCUT2D eigenvalue weighted by Crippen LogP contribution is 2.32. The number of aliphatic hydroxyl groups is 10. The molecular weight excluding hydrogens is 898 g/mol. The van der Waals surface area contributed by atoms with Gasteiger partial charge >= 0.3 is 20.8 Å². The monoisotopic (exact) mass is 951 g/mol. The van der Waals surface area contributed by atoms with Gasteiger partial charge in [-0.05, 0) is 0 Å². The molecule has 3 amide bonds. The van der Waals surface area contributed by atoms with Crippen molar-refractivity contribution < 1.29 is 128 Å². The molecule has 19 atom stereocenters. The van der Waals surface area contributed by atoms with E-state index in [9.17, 15) is 82.3 Å². The van der Waals surface area contributed by atoms with E-state index in [0.29, 0.717) is 0 Å². The number of rotatable bonds is 21. The maximum absolute atomic E-state index is 12.2. The van der Waals surface area contributed by atoms with Crippen LogP contribution in [0.25, 0.3) is 0 Å². The van der Waals surface area contributed by atoms with Crippen LogP contribution in [0.5, 0.6) is 0 Å². The summed E-state index contributed by atoms with van der Waals surface area (Å²) in [5, 5.41) is 113. The zero-order valence-corrected chi connectivity index (χ0v) is 34.4. The van der Waals surface area contributed by atoms with Crippen LogP contribution in [0.1, 0.15) is 20.8 Å². The molecule has 3 aliphatic rings. The number of aliphatic hydroxyl groups excluding tert-OH is 10. The van der Waals surface area contributed by atoms with Crippen LogP contribution in [0.15, 0.2) is 0 Å². The van der Waals surface area contributed by atoms with E-state index >= 15 is 0 Å². The van der Waals surface area contributed by atoms with Gasteiger partial charge < -0.3 is 95.4 Å². The molecule has 3 aliphatic heterocycles. The minimum absolute atomic E-state index is 0.835. The lowest BCUT2D eigenvalue weighted by molar-refractivity contribution is -0.347. The number of hydrogen-bond acceptors (Lipinski definition) is 25. The van der Waals surface area contributed by atoms with Crippen LogP contribution < -0.4 is 16.0 Å². The Morgan fingerprint density at radius 2 is 1.21 bits per heavy atom. The molecule has 0 unspecified atom stereocenters. The summed E-state index contributed by atoms with van der Waals surface area (Å²) in [6.45, 7) is -2.38. The zero-order chi connectivity index (χ0) is 47.0. The zero-order valence-electron chi connectivity index (χ0n) is 32.8. The second kappa shape index (κ2) is 23.1. The Hall–Kier alpha value is -2.49. The van der Waals surface area contributed by atoms with E-state index in [1.54, 1.807) is 0 Å². The Labute approximate surface area is 352 Å². The molecule has 0 spiro atoms. The fraction of sp³-hybridized carbons (Fsp3) is 0.900. The molecule has 0 saturated carbocycles. The number of hydrogen-bond donors (Lipinski definition) is 15. The molecular formula is C30H53N3O27S2. The van der Waals surface area contributed by atoms with Gasteiger partial charge in [-0.3, -0.25) is 23.5 Å². The predicted molar refractivity (Wildman–Crippen MR) is 192 cm³/mol. The number of ether oxygens (including phenoxy) is 6. The van der Waals surface area contributed by atoms with E-state index in [-0.39, 0.29) is 0 Å². The third kappa shape index (κ3) is 14.8. The second-order valence-corrected chi connectivity index (χ2v) is 16.3. The maximum Gasteiger partial charge on any atom is 0.397 e. The van der Waals surface area contributed by atoms with Crippen molar-refractivity contribution in [1.29, 1.82) is 0 Å². The molecule has 3 rings (SSSR count). The summed E-state index contributed by atoms with van der Waals surface area (Å²) in [6.07, 6.45) is -32.3. The normalized spacial score (nSPS) is 36.5. The molecule has 0 radical (unpaired) electrons. The topological polar surface area (TPSA) is 472 Å². The highest BCUT2D eigenvalue weighted by atomic mass is 32.3. The Morgan fingerprint density at radius 1 is 0.661 bits per heavy atom. The molecule has 32 heteroatoms. The third-order valence-corrected chi connectivity index (χ3v) is 10.4. The lowest BCUT2D eigenvalue weighted by Crippen LogP contribution is -2.68. The fourth-order valence-electron chi connectivity index (χ4n) is 6.64. The van der Waals surface area contributed by atoms with Crippen molar-refractivity contribution in [1.82, 2.24) is 16.0 Å². The summed E-state index contributed by atoms with van der Waals surface area (Å²) in [5.41, 5.74) is 0. The van der Waals surface area contributed by atoms with Crippen molar-refractivity contribution in [2.45, 2.75) is 137 Å². The summed E-state index contributed by atoms with van der Waals surface area (Å²) >= 11 is 0. The van der Waals surface area contributed by atoms with Crippen LogP contribution in [-0.4, -0.2) is 244 Å². The average Bonchev–Trinajstić information content (AvgIpc) is 3.17. The molecule has 30 nitrogen and oxygen atoms in total. The van der Waals surface area contributed by atoms with Crippen molar-refractivity contribution >= 4 is 38.5 Å². The molecule has 362 valence electrons. The van der Waals surface area contributed by atoms with Gasteiger partial charge in [0.2, 0.25) is 17.7 Å².